The van der Waals surface area contributed by atoms with Crippen molar-refractivity contribution in [2.45, 2.75) is 32.2 Å². The SMILES string of the molecule is COC(=O)C1CC=C(C(C)N2CCOCC2)C2(CC2)C1C(=O)OC. The molecule has 2 aliphatic carbocycles. The lowest BCUT2D eigenvalue weighted by atomic mass is 9.67. The smallest absolute Gasteiger partial charge is 0.310 e. The molecule has 2 fully saturated rings. The molecule has 1 saturated carbocycles. The Morgan fingerprint density at radius 2 is 1.83 bits per heavy atom. The van der Waals surface area contributed by atoms with Crippen LogP contribution in [0.15, 0.2) is 11.6 Å². The first kappa shape index (κ1) is 17.4. The van der Waals surface area contributed by atoms with Crippen LogP contribution in [0.25, 0.3) is 0 Å². The topological polar surface area (TPSA) is 65.1 Å². The van der Waals surface area contributed by atoms with E-state index < -0.39 is 11.8 Å². The summed E-state index contributed by atoms with van der Waals surface area (Å²) in [5.74, 6) is -1.47. The van der Waals surface area contributed by atoms with Crippen molar-refractivity contribution in [2.24, 2.45) is 17.3 Å². The van der Waals surface area contributed by atoms with Crippen LogP contribution in [-0.4, -0.2) is 63.4 Å². The van der Waals surface area contributed by atoms with E-state index in [1.54, 1.807) is 0 Å². The number of rotatable bonds is 4. The zero-order valence-electron chi connectivity index (χ0n) is 14.7. The molecule has 0 aromatic rings. The van der Waals surface area contributed by atoms with E-state index in [9.17, 15) is 9.59 Å². The molecular formula is C18H27NO5. The van der Waals surface area contributed by atoms with Crippen molar-refractivity contribution in [3.63, 3.8) is 0 Å². The Labute approximate surface area is 143 Å². The van der Waals surface area contributed by atoms with E-state index in [1.807, 2.05) is 0 Å². The molecule has 3 aliphatic rings. The zero-order chi connectivity index (χ0) is 17.3. The summed E-state index contributed by atoms with van der Waals surface area (Å²) in [6, 6.07) is 0.252. The molecule has 0 N–H and O–H groups in total. The number of esters is 2. The second-order valence-corrected chi connectivity index (χ2v) is 7.01. The van der Waals surface area contributed by atoms with E-state index in [-0.39, 0.29) is 23.4 Å². The summed E-state index contributed by atoms with van der Waals surface area (Å²) in [6.07, 6.45) is 4.58. The molecule has 6 heteroatoms. The molecule has 24 heavy (non-hydrogen) atoms. The van der Waals surface area contributed by atoms with Crippen LogP contribution in [0.2, 0.25) is 0 Å². The van der Waals surface area contributed by atoms with Gasteiger partial charge in [0, 0.05) is 24.5 Å². The fourth-order valence-electron chi connectivity index (χ4n) is 4.54. The van der Waals surface area contributed by atoms with Crippen molar-refractivity contribution in [2.75, 3.05) is 40.5 Å². The predicted molar refractivity (Wildman–Crippen MR) is 87.2 cm³/mol. The molecule has 1 saturated heterocycles. The third-order valence-electron chi connectivity index (χ3n) is 5.96. The Hall–Kier alpha value is -1.40. The number of ether oxygens (including phenoxy) is 3. The fraction of sp³-hybridized carbons (Fsp3) is 0.778. The Morgan fingerprint density at radius 3 is 2.38 bits per heavy atom. The van der Waals surface area contributed by atoms with E-state index in [0.717, 1.165) is 39.1 Å². The molecule has 3 rings (SSSR count). The van der Waals surface area contributed by atoms with Gasteiger partial charge in [0.25, 0.3) is 0 Å². The maximum absolute atomic E-state index is 12.5. The van der Waals surface area contributed by atoms with Gasteiger partial charge >= 0.3 is 11.9 Å². The Balaban J connectivity index is 1.89. The van der Waals surface area contributed by atoms with Crippen molar-refractivity contribution in [1.29, 1.82) is 0 Å². The summed E-state index contributed by atoms with van der Waals surface area (Å²) in [6.45, 7) is 5.49. The van der Waals surface area contributed by atoms with E-state index in [2.05, 4.69) is 17.9 Å². The Bertz CT molecular complexity index is 534. The lowest BCUT2D eigenvalue weighted by molar-refractivity contribution is -0.160. The predicted octanol–water partition coefficient (Wildman–Crippen LogP) is 1.40. The number of nitrogens with zero attached hydrogens (tertiary/aromatic N) is 1. The van der Waals surface area contributed by atoms with Gasteiger partial charge in [-0.2, -0.15) is 0 Å². The minimum atomic E-state index is -0.439. The third-order valence-corrected chi connectivity index (χ3v) is 5.96. The summed E-state index contributed by atoms with van der Waals surface area (Å²) in [5, 5.41) is 0. The molecule has 6 nitrogen and oxygen atoms in total. The van der Waals surface area contributed by atoms with Gasteiger partial charge in [0.1, 0.15) is 0 Å². The van der Waals surface area contributed by atoms with Crippen molar-refractivity contribution in [3.8, 4) is 0 Å². The van der Waals surface area contributed by atoms with Crippen molar-refractivity contribution < 1.29 is 23.8 Å². The van der Waals surface area contributed by atoms with E-state index >= 15 is 0 Å². The number of allylic oxidation sites excluding steroid dienone is 1. The Morgan fingerprint density at radius 1 is 1.21 bits per heavy atom. The third kappa shape index (κ3) is 2.86. The lowest BCUT2D eigenvalue weighted by Crippen LogP contribution is -2.48. The van der Waals surface area contributed by atoms with Gasteiger partial charge in [0.2, 0.25) is 0 Å². The first-order chi connectivity index (χ1) is 11.5. The van der Waals surface area contributed by atoms with Gasteiger partial charge in [-0.25, -0.2) is 0 Å². The number of hydrogen-bond donors (Lipinski definition) is 0. The van der Waals surface area contributed by atoms with Crippen LogP contribution in [0.1, 0.15) is 26.2 Å². The molecule has 0 aromatic heterocycles. The van der Waals surface area contributed by atoms with Crippen LogP contribution in [0.4, 0.5) is 0 Å². The van der Waals surface area contributed by atoms with Crippen LogP contribution < -0.4 is 0 Å². The monoisotopic (exact) mass is 337 g/mol. The van der Waals surface area contributed by atoms with E-state index in [1.165, 1.54) is 19.8 Å². The summed E-state index contributed by atoms with van der Waals surface area (Å²) in [4.78, 5) is 27.1. The number of morpholine rings is 1. The zero-order valence-corrected chi connectivity index (χ0v) is 14.7. The summed E-state index contributed by atoms with van der Waals surface area (Å²) in [5.41, 5.74) is 1.06. The molecule has 3 atom stereocenters. The molecule has 1 spiro atoms. The second-order valence-electron chi connectivity index (χ2n) is 7.01. The van der Waals surface area contributed by atoms with Gasteiger partial charge in [0.05, 0.1) is 39.3 Å². The highest BCUT2D eigenvalue weighted by molar-refractivity contribution is 5.84. The van der Waals surface area contributed by atoms with Crippen LogP contribution in [0.3, 0.4) is 0 Å². The highest BCUT2D eigenvalue weighted by atomic mass is 16.5. The number of carbonyl (C=O) groups is 2. The van der Waals surface area contributed by atoms with Crippen molar-refractivity contribution in [3.05, 3.63) is 11.6 Å². The van der Waals surface area contributed by atoms with Crippen LogP contribution in [-0.2, 0) is 23.8 Å². The molecule has 0 aromatic carbocycles. The van der Waals surface area contributed by atoms with Gasteiger partial charge in [-0.3, -0.25) is 14.5 Å². The summed E-state index contributed by atoms with van der Waals surface area (Å²) >= 11 is 0. The molecule has 0 amide bonds. The normalized spacial score (nSPS) is 30.4. The minimum Gasteiger partial charge on any atom is -0.469 e. The molecule has 0 bridgehead atoms. The molecule has 1 heterocycles. The maximum Gasteiger partial charge on any atom is 0.310 e. The highest BCUT2D eigenvalue weighted by Crippen LogP contribution is 2.63. The van der Waals surface area contributed by atoms with Gasteiger partial charge < -0.3 is 14.2 Å². The van der Waals surface area contributed by atoms with E-state index in [4.69, 9.17) is 14.2 Å². The van der Waals surface area contributed by atoms with Crippen molar-refractivity contribution >= 4 is 11.9 Å². The molecule has 0 radical (unpaired) electrons. The lowest BCUT2D eigenvalue weighted by Gasteiger charge is -2.42. The Kier molecular flexibility index (Phi) is 4.97. The number of methoxy groups -OCH3 is 2. The average Bonchev–Trinajstić information content (AvgIpc) is 3.40. The first-order valence-electron chi connectivity index (χ1n) is 8.73. The summed E-state index contributed by atoms with van der Waals surface area (Å²) in [7, 11) is 2.78. The molecule has 3 unspecified atom stereocenters. The fourth-order valence-corrected chi connectivity index (χ4v) is 4.54. The van der Waals surface area contributed by atoms with Gasteiger partial charge in [-0.1, -0.05) is 11.6 Å². The first-order valence-corrected chi connectivity index (χ1v) is 8.73. The maximum atomic E-state index is 12.5. The molecular weight excluding hydrogens is 310 g/mol. The van der Waals surface area contributed by atoms with Gasteiger partial charge in [-0.15, -0.1) is 0 Å². The average molecular weight is 337 g/mol. The van der Waals surface area contributed by atoms with Crippen LogP contribution in [0.5, 0.6) is 0 Å². The van der Waals surface area contributed by atoms with Crippen molar-refractivity contribution in [1.82, 2.24) is 4.90 Å². The highest BCUT2D eigenvalue weighted by Gasteiger charge is 2.62. The largest absolute Gasteiger partial charge is 0.469 e. The summed E-state index contributed by atoms with van der Waals surface area (Å²) < 4.78 is 15.4. The number of carbonyl (C=O) groups excluding carboxylic acids is 2. The van der Waals surface area contributed by atoms with Crippen LogP contribution in [0, 0.1) is 17.3 Å². The minimum absolute atomic E-state index is 0.234. The van der Waals surface area contributed by atoms with Gasteiger partial charge in [0.15, 0.2) is 0 Å². The van der Waals surface area contributed by atoms with Gasteiger partial charge in [-0.05, 0) is 26.2 Å². The molecule has 1 aliphatic heterocycles. The quantitative estimate of drug-likeness (QED) is 0.571. The van der Waals surface area contributed by atoms with Crippen LogP contribution >= 0.6 is 0 Å². The number of hydrogen-bond acceptors (Lipinski definition) is 6. The second kappa shape index (κ2) is 6.84. The molecule has 134 valence electrons. The van der Waals surface area contributed by atoms with E-state index in [0.29, 0.717) is 6.42 Å². The standard InChI is InChI=1S/C18H27NO5/c1-12(19-8-10-24-11-9-19)14-5-4-13(16(20)22-2)15(17(21)23-3)18(14)6-7-18/h5,12-13,15H,4,6-11H2,1-3H3.